The van der Waals surface area contributed by atoms with Gasteiger partial charge < -0.3 is 9.84 Å². The second kappa shape index (κ2) is 5.46. The molecule has 0 aliphatic heterocycles. The fourth-order valence-corrected chi connectivity index (χ4v) is 1.17. The number of carbonyl (C=O) groups excluding carboxylic acids is 1. The van der Waals surface area contributed by atoms with E-state index >= 15 is 0 Å². The molecule has 4 heteroatoms. The van der Waals surface area contributed by atoms with Crippen LogP contribution in [0.3, 0.4) is 0 Å². The van der Waals surface area contributed by atoms with Gasteiger partial charge in [-0.1, -0.05) is 30.3 Å². The predicted octanol–water partition coefficient (Wildman–Crippen LogP) is 1.62. The van der Waals surface area contributed by atoms with Gasteiger partial charge in [0.15, 0.2) is 12.3 Å². The van der Waals surface area contributed by atoms with Crippen molar-refractivity contribution in [2.24, 2.45) is 0 Å². The average Bonchev–Trinajstić information content (AvgIpc) is 2.28. The summed E-state index contributed by atoms with van der Waals surface area (Å²) < 4.78 is 18.1. The quantitative estimate of drug-likeness (QED) is 0.771. The highest BCUT2D eigenvalue weighted by atomic mass is 19.1. The fourth-order valence-electron chi connectivity index (χ4n) is 1.17. The van der Waals surface area contributed by atoms with Gasteiger partial charge in [-0.3, -0.25) is 0 Å². The first kappa shape index (κ1) is 11.7. The van der Waals surface area contributed by atoms with E-state index in [-0.39, 0.29) is 12.2 Å². The molecule has 3 nitrogen and oxygen atoms in total. The number of rotatable bonds is 4. The molecule has 1 unspecified atom stereocenters. The second-order valence-corrected chi connectivity index (χ2v) is 3.01. The van der Waals surface area contributed by atoms with Crippen molar-refractivity contribution in [3.05, 3.63) is 35.9 Å². The first-order valence-electron chi connectivity index (χ1n) is 4.70. The standard InChI is InChI=1S/C11H13FO3/c1-2-15-11(14)10(13)9(12)8-6-4-3-5-7-8/h3-7,9-10,13H,2H2,1H3/t9-,10?/m1/s1. The molecule has 1 aromatic carbocycles. The van der Waals surface area contributed by atoms with Crippen molar-refractivity contribution in [3.8, 4) is 0 Å². The highest BCUT2D eigenvalue weighted by molar-refractivity contribution is 5.75. The van der Waals surface area contributed by atoms with Crippen LogP contribution < -0.4 is 0 Å². The van der Waals surface area contributed by atoms with E-state index in [1.807, 2.05) is 0 Å². The minimum Gasteiger partial charge on any atom is -0.464 e. The van der Waals surface area contributed by atoms with Gasteiger partial charge in [0.25, 0.3) is 0 Å². The van der Waals surface area contributed by atoms with Gasteiger partial charge >= 0.3 is 5.97 Å². The molecule has 15 heavy (non-hydrogen) atoms. The molecule has 0 bridgehead atoms. The summed E-state index contributed by atoms with van der Waals surface area (Å²) in [5, 5.41) is 9.32. The van der Waals surface area contributed by atoms with E-state index in [0.717, 1.165) is 0 Å². The average molecular weight is 212 g/mol. The maximum absolute atomic E-state index is 13.6. The number of ether oxygens (including phenoxy) is 1. The largest absolute Gasteiger partial charge is 0.464 e. The summed E-state index contributed by atoms with van der Waals surface area (Å²) in [5.74, 6) is -0.936. The van der Waals surface area contributed by atoms with Crippen LogP contribution >= 0.6 is 0 Å². The molecule has 1 aromatic rings. The molecule has 0 aliphatic carbocycles. The van der Waals surface area contributed by atoms with Crippen molar-refractivity contribution in [3.63, 3.8) is 0 Å². The van der Waals surface area contributed by atoms with Gasteiger partial charge in [-0.25, -0.2) is 9.18 Å². The third-order valence-electron chi connectivity index (χ3n) is 1.92. The molecule has 0 fully saturated rings. The minimum absolute atomic E-state index is 0.122. The number of aliphatic hydroxyl groups is 1. The molecule has 82 valence electrons. The second-order valence-electron chi connectivity index (χ2n) is 3.01. The van der Waals surface area contributed by atoms with Gasteiger partial charge in [-0.05, 0) is 12.5 Å². The smallest absolute Gasteiger partial charge is 0.338 e. The number of hydrogen-bond acceptors (Lipinski definition) is 3. The zero-order valence-electron chi connectivity index (χ0n) is 8.39. The van der Waals surface area contributed by atoms with Crippen LogP contribution in [0.2, 0.25) is 0 Å². The predicted molar refractivity (Wildman–Crippen MR) is 52.9 cm³/mol. The zero-order valence-corrected chi connectivity index (χ0v) is 8.39. The van der Waals surface area contributed by atoms with Crippen molar-refractivity contribution >= 4 is 5.97 Å². The third-order valence-corrected chi connectivity index (χ3v) is 1.92. The monoisotopic (exact) mass is 212 g/mol. The Morgan fingerprint density at radius 2 is 2.07 bits per heavy atom. The molecule has 1 N–H and O–H groups in total. The summed E-state index contributed by atoms with van der Waals surface area (Å²) in [6, 6.07) is 8.02. The SMILES string of the molecule is CCOC(=O)C(O)[C@H](F)c1ccccc1. The van der Waals surface area contributed by atoms with Crippen molar-refractivity contribution in [1.82, 2.24) is 0 Å². The number of carbonyl (C=O) groups is 1. The molecule has 2 atom stereocenters. The number of benzene rings is 1. The normalized spacial score (nSPS) is 14.3. The van der Waals surface area contributed by atoms with E-state index in [4.69, 9.17) is 0 Å². The lowest BCUT2D eigenvalue weighted by Crippen LogP contribution is -2.27. The Balaban J connectivity index is 2.68. The van der Waals surface area contributed by atoms with Gasteiger partial charge in [-0.15, -0.1) is 0 Å². The van der Waals surface area contributed by atoms with Crippen LogP contribution in [0.15, 0.2) is 30.3 Å². The molecule has 1 rings (SSSR count). The number of esters is 1. The molecule has 0 radical (unpaired) electrons. The first-order chi connectivity index (χ1) is 7.16. The maximum Gasteiger partial charge on any atom is 0.338 e. The molecule has 0 saturated carbocycles. The Morgan fingerprint density at radius 3 is 2.60 bits per heavy atom. The van der Waals surface area contributed by atoms with Gasteiger partial charge in [0.1, 0.15) is 0 Å². The summed E-state index contributed by atoms with van der Waals surface area (Å²) in [7, 11) is 0. The summed E-state index contributed by atoms with van der Waals surface area (Å²) >= 11 is 0. The Hall–Kier alpha value is -1.42. The summed E-state index contributed by atoms with van der Waals surface area (Å²) in [4.78, 5) is 11.0. The van der Waals surface area contributed by atoms with Crippen LogP contribution in [-0.2, 0) is 9.53 Å². The Morgan fingerprint density at radius 1 is 1.47 bits per heavy atom. The van der Waals surface area contributed by atoms with Crippen LogP contribution in [0.25, 0.3) is 0 Å². The number of halogens is 1. The third kappa shape index (κ3) is 3.02. The molecule has 0 amide bonds. The van der Waals surface area contributed by atoms with Crippen LogP contribution in [0.1, 0.15) is 18.7 Å². The molecule has 0 aliphatic rings. The van der Waals surface area contributed by atoms with Crippen molar-refractivity contribution < 1.29 is 19.0 Å². The Bertz CT molecular complexity index is 313. The highest BCUT2D eigenvalue weighted by Crippen LogP contribution is 2.21. The van der Waals surface area contributed by atoms with E-state index in [1.54, 1.807) is 25.1 Å². The van der Waals surface area contributed by atoms with Gasteiger partial charge in [0, 0.05) is 0 Å². The fraction of sp³-hybridized carbons (Fsp3) is 0.364. The van der Waals surface area contributed by atoms with Crippen LogP contribution in [0.4, 0.5) is 4.39 Å². The van der Waals surface area contributed by atoms with E-state index in [9.17, 15) is 14.3 Å². The summed E-state index contributed by atoms with van der Waals surface area (Å²) in [6.45, 7) is 1.72. The lowest BCUT2D eigenvalue weighted by atomic mass is 10.1. The van der Waals surface area contributed by atoms with Crippen LogP contribution in [-0.4, -0.2) is 23.8 Å². The lowest BCUT2D eigenvalue weighted by molar-refractivity contribution is -0.156. The van der Waals surface area contributed by atoms with Crippen LogP contribution in [0, 0.1) is 0 Å². The van der Waals surface area contributed by atoms with Gasteiger partial charge in [-0.2, -0.15) is 0 Å². The number of hydrogen-bond donors (Lipinski definition) is 1. The van der Waals surface area contributed by atoms with Gasteiger partial charge in [0.2, 0.25) is 0 Å². The summed E-state index contributed by atoms with van der Waals surface area (Å²) in [6.07, 6.45) is -3.50. The summed E-state index contributed by atoms with van der Waals surface area (Å²) in [5.41, 5.74) is 0.262. The number of alkyl halides is 1. The van der Waals surface area contributed by atoms with Crippen LogP contribution in [0.5, 0.6) is 0 Å². The number of aliphatic hydroxyl groups excluding tert-OH is 1. The van der Waals surface area contributed by atoms with E-state index in [0.29, 0.717) is 0 Å². The molecule has 0 aromatic heterocycles. The Labute approximate surface area is 87.5 Å². The van der Waals surface area contributed by atoms with Crippen molar-refractivity contribution in [2.45, 2.75) is 19.2 Å². The zero-order chi connectivity index (χ0) is 11.3. The van der Waals surface area contributed by atoms with Crippen molar-refractivity contribution in [1.29, 1.82) is 0 Å². The molecular weight excluding hydrogens is 199 g/mol. The highest BCUT2D eigenvalue weighted by Gasteiger charge is 2.28. The molecule has 0 heterocycles. The molecule has 0 spiro atoms. The van der Waals surface area contributed by atoms with E-state index in [2.05, 4.69) is 4.74 Å². The van der Waals surface area contributed by atoms with E-state index in [1.165, 1.54) is 12.1 Å². The molecule has 0 saturated heterocycles. The van der Waals surface area contributed by atoms with Crippen molar-refractivity contribution in [2.75, 3.05) is 6.61 Å². The lowest BCUT2D eigenvalue weighted by Gasteiger charge is -2.14. The van der Waals surface area contributed by atoms with E-state index < -0.39 is 18.2 Å². The Kier molecular flexibility index (Phi) is 4.24. The molecular formula is C11H13FO3. The minimum atomic E-state index is -1.76. The topological polar surface area (TPSA) is 46.5 Å². The first-order valence-corrected chi connectivity index (χ1v) is 4.70. The van der Waals surface area contributed by atoms with Gasteiger partial charge in [0.05, 0.1) is 6.61 Å². The maximum atomic E-state index is 13.6.